The van der Waals surface area contributed by atoms with E-state index in [-0.39, 0.29) is 31.5 Å². The number of amides is 2. The lowest BCUT2D eigenvalue weighted by Crippen LogP contribution is -2.52. The normalized spacial score (nSPS) is 15.8. The van der Waals surface area contributed by atoms with E-state index in [9.17, 15) is 19.5 Å². The number of carbonyl (C=O) groups excluding carboxylic acids is 2. The highest BCUT2D eigenvalue weighted by Gasteiger charge is 2.34. The van der Waals surface area contributed by atoms with Crippen molar-refractivity contribution < 1.29 is 24.2 Å². The average molecular weight is 463 g/mol. The fourth-order valence-electron chi connectivity index (χ4n) is 5.12. The van der Waals surface area contributed by atoms with Gasteiger partial charge in [0.15, 0.2) is 0 Å². The van der Waals surface area contributed by atoms with Gasteiger partial charge in [0.25, 0.3) is 0 Å². The van der Waals surface area contributed by atoms with Gasteiger partial charge in [0.2, 0.25) is 5.91 Å². The van der Waals surface area contributed by atoms with Gasteiger partial charge in [-0.2, -0.15) is 0 Å². The van der Waals surface area contributed by atoms with Gasteiger partial charge in [-0.3, -0.25) is 9.59 Å². The summed E-state index contributed by atoms with van der Waals surface area (Å²) in [5.41, 5.74) is 4.47. The van der Waals surface area contributed by atoms with Gasteiger partial charge >= 0.3 is 12.1 Å². The quantitative estimate of drug-likeness (QED) is 0.541. The summed E-state index contributed by atoms with van der Waals surface area (Å²) < 4.78 is 5.58. The lowest BCUT2D eigenvalue weighted by atomic mass is 9.98. The second-order valence-electron chi connectivity index (χ2n) is 8.85. The monoisotopic (exact) mass is 462 g/mol. The van der Waals surface area contributed by atoms with Crippen molar-refractivity contribution in [1.82, 2.24) is 10.2 Å². The molecule has 2 amide bonds. The summed E-state index contributed by atoms with van der Waals surface area (Å²) in [7, 11) is 0. The Kier molecular flexibility index (Phi) is 7.30. The van der Waals surface area contributed by atoms with Crippen molar-refractivity contribution >= 4 is 18.0 Å². The molecule has 1 atom stereocenters. The zero-order valence-corrected chi connectivity index (χ0v) is 19.1. The highest BCUT2D eigenvalue weighted by atomic mass is 16.5. The van der Waals surface area contributed by atoms with Crippen LogP contribution in [-0.2, 0) is 14.3 Å². The molecule has 2 aliphatic carbocycles. The Labute approximate surface area is 199 Å². The maximum atomic E-state index is 13.2. The molecule has 34 heavy (non-hydrogen) atoms. The van der Waals surface area contributed by atoms with E-state index in [4.69, 9.17) is 4.74 Å². The molecule has 1 fully saturated rings. The molecular weight excluding hydrogens is 432 g/mol. The van der Waals surface area contributed by atoms with Crippen LogP contribution in [0.4, 0.5) is 4.79 Å². The highest BCUT2D eigenvalue weighted by Crippen LogP contribution is 2.44. The average Bonchev–Trinajstić information content (AvgIpc) is 3.47. The number of nitrogens with one attached hydrogen (secondary N) is 1. The third kappa shape index (κ3) is 4.98. The summed E-state index contributed by atoms with van der Waals surface area (Å²) in [6.07, 6.45) is 4.48. The molecule has 7 heteroatoms. The maximum absolute atomic E-state index is 13.2. The molecule has 7 nitrogen and oxygen atoms in total. The summed E-state index contributed by atoms with van der Waals surface area (Å²) in [5.74, 6) is -1.57. The first-order valence-corrected chi connectivity index (χ1v) is 11.7. The Morgan fingerprint density at radius 2 is 1.65 bits per heavy atom. The summed E-state index contributed by atoms with van der Waals surface area (Å²) in [5, 5.41) is 12.0. The van der Waals surface area contributed by atoms with Crippen LogP contribution < -0.4 is 5.32 Å². The first-order chi connectivity index (χ1) is 16.5. The standard InChI is InChI=1S/C27H30N2O5/c1-2-9-24(26(32)29(16-25(30)31)18-10-3-4-11-18)28-27(33)34-17-23-21-14-7-5-12-19(21)20-13-6-8-15-22(20)23/h2,5-8,12-15,18,23-24H,1,3-4,9-11,16-17H2,(H,28,33)(H,30,31). The van der Waals surface area contributed by atoms with Crippen molar-refractivity contribution in [3.05, 3.63) is 72.3 Å². The lowest BCUT2D eigenvalue weighted by molar-refractivity contribution is -0.147. The molecule has 2 N–H and O–H groups in total. The summed E-state index contributed by atoms with van der Waals surface area (Å²) in [4.78, 5) is 38.7. The van der Waals surface area contributed by atoms with Crippen molar-refractivity contribution in [2.24, 2.45) is 0 Å². The molecule has 178 valence electrons. The zero-order chi connectivity index (χ0) is 24.1. The third-order valence-electron chi connectivity index (χ3n) is 6.69. The molecule has 0 bridgehead atoms. The van der Waals surface area contributed by atoms with E-state index < -0.39 is 24.0 Å². The van der Waals surface area contributed by atoms with Gasteiger partial charge in [-0.15, -0.1) is 6.58 Å². The van der Waals surface area contributed by atoms with Crippen molar-refractivity contribution in [3.8, 4) is 11.1 Å². The molecular formula is C27H30N2O5. The second-order valence-corrected chi connectivity index (χ2v) is 8.85. The van der Waals surface area contributed by atoms with Crippen LogP contribution in [0.15, 0.2) is 61.2 Å². The minimum Gasteiger partial charge on any atom is -0.480 e. The molecule has 0 heterocycles. The van der Waals surface area contributed by atoms with E-state index in [0.717, 1.165) is 47.9 Å². The smallest absolute Gasteiger partial charge is 0.407 e. The van der Waals surface area contributed by atoms with E-state index in [1.165, 1.54) is 4.90 Å². The number of ether oxygens (including phenoxy) is 1. The molecule has 1 saturated carbocycles. The van der Waals surface area contributed by atoms with Gasteiger partial charge in [0.1, 0.15) is 19.2 Å². The first kappa shape index (κ1) is 23.5. The Morgan fingerprint density at radius 1 is 1.06 bits per heavy atom. The van der Waals surface area contributed by atoms with Crippen LogP contribution in [0.25, 0.3) is 11.1 Å². The SMILES string of the molecule is C=CCC(NC(=O)OCC1c2ccccc2-c2ccccc21)C(=O)N(CC(=O)O)C1CCCC1. The minimum absolute atomic E-state index is 0.0892. The Balaban J connectivity index is 1.44. The fourth-order valence-corrected chi connectivity index (χ4v) is 5.12. The van der Waals surface area contributed by atoms with Crippen molar-refractivity contribution in [2.75, 3.05) is 13.2 Å². The molecule has 0 aliphatic heterocycles. The molecule has 0 saturated heterocycles. The number of carboxylic acids is 1. The number of nitrogens with zero attached hydrogens (tertiary/aromatic N) is 1. The van der Waals surface area contributed by atoms with Gasteiger partial charge in [-0.1, -0.05) is 67.4 Å². The summed E-state index contributed by atoms with van der Waals surface area (Å²) in [6, 6.07) is 15.1. The van der Waals surface area contributed by atoms with Crippen LogP contribution in [0, 0.1) is 0 Å². The Hall–Kier alpha value is -3.61. The van der Waals surface area contributed by atoms with Gasteiger partial charge < -0.3 is 20.1 Å². The molecule has 4 rings (SSSR count). The second kappa shape index (κ2) is 10.5. The van der Waals surface area contributed by atoms with Crippen LogP contribution in [0.2, 0.25) is 0 Å². The van der Waals surface area contributed by atoms with Crippen LogP contribution >= 0.6 is 0 Å². The van der Waals surface area contributed by atoms with E-state index in [0.29, 0.717) is 0 Å². The molecule has 2 aromatic rings. The number of hydrogen-bond donors (Lipinski definition) is 2. The largest absolute Gasteiger partial charge is 0.480 e. The number of aliphatic carboxylic acids is 1. The number of carboxylic acid groups (broad SMARTS) is 1. The molecule has 1 unspecified atom stereocenters. The number of benzene rings is 2. The highest BCUT2D eigenvalue weighted by molar-refractivity contribution is 5.88. The van der Waals surface area contributed by atoms with Gasteiger partial charge in [-0.05, 0) is 41.5 Å². The topological polar surface area (TPSA) is 95.9 Å². The number of rotatable bonds is 9. The minimum atomic E-state index is -1.07. The fraction of sp³-hybridized carbons (Fsp3) is 0.370. The predicted octanol–water partition coefficient (Wildman–Crippen LogP) is 4.33. The van der Waals surface area contributed by atoms with Gasteiger partial charge in [0.05, 0.1) is 0 Å². The third-order valence-corrected chi connectivity index (χ3v) is 6.69. The van der Waals surface area contributed by atoms with E-state index in [1.807, 2.05) is 36.4 Å². The van der Waals surface area contributed by atoms with Crippen LogP contribution in [0.1, 0.15) is 49.1 Å². The number of alkyl carbamates (subject to hydrolysis) is 1. The number of hydrogen-bond acceptors (Lipinski definition) is 4. The van der Waals surface area contributed by atoms with E-state index >= 15 is 0 Å². The van der Waals surface area contributed by atoms with E-state index in [2.05, 4.69) is 24.0 Å². The molecule has 0 radical (unpaired) electrons. The Morgan fingerprint density at radius 3 is 2.21 bits per heavy atom. The van der Waals surface area contributed by atoms with Crippen LogP contribution in [0.3, 0.4) is 0 Å². The molecule has 0 spiro atoms. The lowest BCUT2D eigenvalue weighted by Gasteiger charge is -2.31. The molecule has 2 aliphatic rings. The molecule has 2 aromatic carbocycles. The van der Waals surface area contributed by atoms with Crippen molar-refractivity contribution in [2.45, 2.75) is 50.1 Å². The van der Waals surface area contributed by atoms with Crippen molar-refractivity contribution in [3.63, 3.8) is 0 Å². The maximum Gasteiger partial charge on any atom is 0.407 e. The molecule has 0 aromatic heterocycles. The van der Waals surface area contributed by atoms with Crippen LogP contribution in [-0.4, -0.2) is 53.2 Å². The zero-order valence-electron chi connectivity index (χ0n) is 19.1. The van der Waals surface area contributed by atoms with Crippen molar-refractivity contribution in [1.29, 1.82) is 0 Å². The summed E-state index contributed by atoms with van der Waals surface area (Å²) in [6.45, 7) is 3.44. The summed E-state index contributed by atoms with van der Waals surface area (Å²) >= 11 is 0. The Bertz CT molecular complexity index is 1030. The van der Waals surface area contributed by atoms with E-state index in [1.54, 1.807) is 6.08 Å². The van der Waals surface area contributed by atoms with Crippen LogP contribution in [0.5, 0.6) is 0 Å². The number of fused-ring (bicyclic) bond motifs is 3. The van der Waals surface area contributed by atoms with Gasteiger partial charge in [0, 0.05) is 12.0 Å². The predicted molar refractivity (Wildman–Crippen MR) is 128 cm³/mol. The first-order valence-electron chi connectivity index (χ1n) is 11.7. The van der Waals surface area contributed by atoms with Gasteiger partial charge in [-0.25, -0.2) is 4.79 Å². The number of carbonyl (C=O) groups is 3.